The second-order valence-corrected chi connectivity index (χ2v) is 6.21. The second kappa shape index (κ2) is 11.1. The van der Waals surface area contributed by atoms with E-state index in [-0.39, 0.29) is 11.9 Å². The van der Waals surface area contributed by atoms with Crippen LogP contribution in [0.3, 0.4) is 0 Å². The zero-order chi connectivity index (χ0) is 17.0. The minimum absolute atomic E-state index is 0.200. The molecule has 0 unspecified atom stereocenters. The van der Waals surface area contributed by atoms with Gasteiger partial charge in [-0.3, -0.25) is 15.0 Å². The Morgan fingerprint density at radius 3 is 2.96 bits per heavy atom. The molecular weight excluding hydrogens is 330 g/mol. The first-order valence-electron chi connectivity index (χ1n) is 8.10. The number of carbonyl (C=O) groups is 1. The van der Waals surface area contributed by atoms with E-state index in [1.165, 1.54) is 11.3 Å². The minimum Gasteiger partial charge on any atom is -0.463 e. The number of thiophene rings is 1. The summed E-state index contributed by atoms with van der Waals surface area (Å²) < 4.78 is 15.8. The molecule has 1 fully saturated rings. The Bertz CT molecular complexity index is 501. The quantitative estimate of drug-likeness (QED) is 0.431. The smallest absolute Gasteiger partial charge is 0.291 e. The standard InChI is InChI=1S/C16H25N3O4S/c1-21-11-12-23-16(18-15(20)14-4-2-13-24-14)17-5-3-6-19-7-9-22-10-8-19/h2,4,13H,3,5-12H2,1H3,(H,17,18,20). The maximum absolute atomic E-state index is 12.1. The molecule has 0 aliphatic carbocycles. The van der Waals surface area contributed by atoms with Crippen molar-refractivity contribution >= 4 is 23.3 Å². The van der Waals surface area contributed by atoms with E-state index in [1.807, 2.05) is 11.4 Å². The van der Waals surface area contributed by atoms with Crippen molar-refractivity contribution in [1.29, 1.82) is 0 Å². The molecule has 2 rings (SSSR count). The van der Waals surface area contributed by atoms with Crippen LogP contribution in [0.4, 0.5) is 0 Å². The second-order valence-electron chi connectivity index (χ2n) is 5.27. The molecule has 24 heavy (non-hydrogen) atoms. The maximum Gasteiger partial charge on any atom is 0.291 e. The molecular formula is C16H25N3O4S. The molecule has 1 aromatic rings. The topological polar surface area (TPSA) is 72.4 Å². The van der Waals surface area contributed by atoms with Gasteiger partial charge >= 0.3 is 0 Å². The molecule has 134 valence electrons. The number of ether oxygens (including phenoxy) is 3. The zero-order valence-corrected chi connectivity index (χ0v) is 14.8. The summed E-state index contributed by atoms with van der Waals surface area (Å²) in [5.41, 5.74) is 0. The number of nitrogens with one attached hydrogen (secondary N) is 1. The van der Waals surface area contributed by atoms with Gasteiger partial charge in [0.1, 0.15) is 6.61 Å². The predicted octanol–water partition coefficient (Wildman–Crippen LogP) is 1.22. The summed E-state index contributed by atoms with van der Waals surface area (Å²) in [6.07, 6.45) is 0.909. The molecule has 1 amide bonds. The van der Waals surface area contributed by atoms with E-state index in [0.29, 0.717) is 24.6 Å². The Morgan fingerprint density at radius 1 is 1.42 bits per heavy atom. The minimum atomic E-state index is -0.200. The molecule has 7 nitrogen and oxygen atoms in total. The molecule has 2 heterocycles. The van der Waals surface area contributed by atoms with Crippen LogP contribution in [0.15, 0.2) is 22.5 Å². The molecule has 8 heteroatoms. The number of carbonyl (C=O) groups excluding carboxylic acids is 1. The molecule has 1 N–H and O–H groups in total. The third kappa shape index (κ3) is 6.96. The Kier molecular flexibility index (Phi) is 8.75. The summed E-state index contributed by atoms with van der Waals surface area (Å²) in [6, 6.07) is 3.86. The summed E-state index contributed by atoms with van der Waals surface area (Å²) in [5, 5.41) is 4.59. The van der Waals surface area contributed by atoms with Crippen LogP contribution in [0.5, 0.6) is 0 Å². The fraction of sp³-hybridized carbons (Fsp3) is 0.625. The van der Waals surface area contributed by atoms with Crippen molar-refractivity contribution in [2.75, 3.05) is 59.7 Å². The maximum atomic E-state index is 12.1. The molecule has 0 atom stereocenters. The van der Waals surface area contributed by atoms with Crippen LogP contribution >= 0.6 is 11.3 Å². The van der Waals surface area contributed by atoms with Crippen LogP contribution in [0.1, 0.15) is 16.1 Å². The molecule has 0 bridgehead atoms. The van der Waals surface area contributed by atoms with Crippen molar-refractivity contribution in [3.8, 4) is 0 Å². The van der Waals surface area contributed by atoms with Crippen LogP contribution in [-0.2, 0) is 14.2 Å². The van der Waals surface area contributed by atoms with Gasteiger partial charge < -0.3 is 14.2 Å². The molecule has 0 radical (unpaired) electrons. The monoisotopic (exact) mass is 355 g/mol. The predicted molar refractivity (Wildman–Crippen MR) is 93.8 cm³/mol. The van der Waals surface area contributed by atoms with Crippen LogP contribution in [0.25, 0.3) is 0 Å². The van der Waals surface area contributed by atoms with Gasteiger partial charge in [0.05, 0.1) is 24.7 Å². The summed E-state index contributed by atoms with van der Waals surface area (Å²) in [4.78, 5) is 19.5. The summed E-state index contributed by atoms with van der Waals surface area (Å²) in [6.45, 7) is 5.90. The first kappa shape index (κ1) is 18.9. The average Bonchev–Trinajstić information content (AvgIpc) is 3.14. The average molecular weight is 355 g/mol. The Hall–Kier alpha value is -1.48. The highest BCUT2D eigenvalue weighted by atomic mass is 32.1. The van der Waals surface area contributed by atoms with E-state index >= 15 is 0 Å². The largest absolute Gasteiger partial charge is 0.463 e. The number of aliphatic imine (C=N–C) groups is 1. The number of morpholine rings is 1. The van der Waals surface area contributed by atoms with Crippen LogP contribution < -0.4 is 5.32 Å². The number of hydrogen-bond donors (Lipinski definition) is 1. The van der Waals surface area contributed by atoms with Gasteiger partial charge in [-0.25, -0.2) is 4.99 Å². The molecule has 1 saturated heterocycles. The number of amides is 1. The van der Waals surface area contributed by atoms with E-state index in [0.717, 1.165) is 39.3 Å². The Balaban J connectivity index is 1.78. The van der Waals surface area contributed by atoms with Gasteiger partial charge in [0, 0.05) is 33.3 Å². The van der Waals surface area contributed by atoms with Crippen LogP contribution in [0.2, 0.25) is 0 Å². The van der Waals surface area contributed by atoms with Gasteiger partial charge in [-0.2, -0.15) is 0 Å². The van der Waals surface area contributed by atoms with E-state index in [2.05, 4.69) is 15.2 Å². The summed E-state index contributed by atoms with van der Waals surface area (Å²) >= 11 is 1.38. The van der Waals surface area contributed by atoms with Crippen molar-refractivity contribution in [2.24, 2.45) is 4.99 Å². The summed E-state index contributed by atoms with van der Waals surface area (Å²) in [7, 11) is 1.60. The van der Waals surface area contributed by atoms with Crippen molar-refractivity contribution in [2.45, 2.75) is 6.42 Å². The van der Waals surface area contributed by atoms with Gasteiger partial charge in [-0.1, -0.05) is 6.07 Å². The molecule has 1 aliphatic heterocycles. The molecule has 0 aromatic carbocycles. The van der Waals surface area contributed by atoms with Crippen LogP contribution in [0, 0.1) is 0 Å². The van der Waals surface area contributed by atoms with Gasteiger partial charge in [-0.05, 0) is 17.9 Å². The van der Waals surface area contributed by atoms with Crippen molar-refractivity contribution in [3.05, 3.63) is 22.4 Å². The third-order valence-electron chi connectivity index (χ3n) is 3.48. The van der Waals surface area contributed by atoms with Gasteiger partial charge in [0.25, 0.3) is 11.9 Å². The van der Waals surface area contributed by atoms with Crippen molar-refractivity contribution < 1.29 is 19.0 Å². The summed E-state index contributed by atoms with van der Waals surface area (Å²) in [5.74, 6) is -0.200. The number of amidine groups is 1. The highest BCUT2D eigenvalue weighted by molar-refractivity contribution is 7.12. The van der Waals surface area contributed by atoms with Gasteiger partial charge in [0.2, 0.25) is 0 Å². The van der Waals surface area contributed by atoms with Gasteiger partial charge in [0.15, 0.2) is 0 Å². The lowest BCUT2D eigenvalue weighted by molar-refractivity contribution is 0.0377. The van der Waals surface area contributed by atoms with E-state index in [1.54, 1.807) is 13.2 Å². The first-order chi connectivity index (χ1) is 11.8. The number of nitrogens with zero attached hydrogens (tertiary/aromatic N) is 2. The van der Waals surface area contributed by atoms with E-state index in [9.17, 15) is 4.79 Å². The normalized spacial score (nSPS) is 16.1. The molecule has 0 spiro atoms. The SMILES string of the molecule is COCCOC(=NCCCN1CCOCC1)NC(=O)c1cccs1. The lowest BCUT2D eigenvalue weighted by Gasteiger charge is -2.26. The number of hydrogen-bond acceptors (Lipinski definition) is 7. The van der Waals surface area contributed by atoms with Crippen LogP contribution in [-0.4, -0.2) is 76.5 Å². The fourth-order valence-corrected chi connectivity index (χ4v) is 2.83. The highest BCUT2D eigenvalue weighted by Crippen LogP contribution is 2.07. The van der Waals surface area contributed by atoms with Crippen molar-refractivity contribution in [1.82, 2.24) is 10.2 Å². The lowest BCUT2D eigenvalue weighted by atomic mass is 10.3. The Morgan fingerprint density at radius 2 is 2.25 bits per heavy atom. The highest BCUT2D eigenvalue weighted by Gasteiger charge is 2.12. The Labute approximate surface area is 146 Å². The fourth-order valence-electron chi connectivity index (χ4n) is 2.21. The molecule has 0 saturated carbocycles. The zero-order valence-electron chi connectivity index (χ0n) is 14.0. The number of methoxy groups -OCH3 is 1. The van der Waals surface area contributed by atoms with Gasteiger partial charge in [-0.15, -0.1) is 11.3 Å². The first-order valence-corrected chi connectivity index (χ1v) is 8.98. The number of rotatable bonds is 8. The van der Waals surface area contributed by atoms with Crippen molar-refractivity contribution in [3.63, 3.8) is 0 Å². The molecule has 1 aliphatic rings. The van der Waals surface area contributed by atoms with E-state index < -0.39 is 0 Å². The molecule has 1 aromatic heterocycles. The third-order valence-corrected chi connectivity index (χ3v) is 4.35. The van der Waals surface area contributed by atoms with E-state index in [4.69, 9.17) is 14.2 Å². The lowest BCUT2D eigenvalue weighted by Crippen LogP contribution is -2.37.